The van der Waals surface area contributed by atoms with Crippen molar-refractivity contribution in [2.45, 2.75) is 72.3 Å². The van der Waals surface area contributed by atoms with Crippen LogP contribution < -0.4 is 10.6 Å². The molecule has 218 valence electrons. The molecule has 0 bridgehead atoms. The molecule has 3 rings (SSSR count). The summed E-state index contributed by atoms with van der Waals surface area (Å²) in [5.41, 5.74) is 2.90. The predicted molar refractivity (Wildman–Crippen MR) is 161 cm³/mol. The molecule has 2 N–H and O–H groups in total. The zero-order valence-corrected chi connectivity index (χ0v) is 25.3. The number of rotatable bonds is 13. The smallest absolute Gasteiger partial charge is 0.336 e. The van der Waals surface area contributed by atoms with E-state index in [0.717, 1.165) is 44.7 Å². The van der Waals surface area contributed by atoms with Gasteiger partial charge in [-0.05, 0) is 70.0 Å². The lowest BCUT2D eigenvalue weighted by atomic mass is 9.81. The van der Waals surface area contributed by atoms with Gasteiger partial charge < -0.3 is 24.8 Å². The van der Waals surface area contributed by atoms with E-state index >= 15 is 0 Å². The second kappa shape index (κ2) is 18.3. The molecule has 1 heterocycles. The molecule has 1 aliphatic heterocycles. The average molecular weight is 570 g/mol. The first-order chi connectivity index (χ1) is 19.5. The van der Waals surface area contributed by atoms with Gasteiger partial charge in [0.25, 0.3) is 0 Å². The Labute approximate surface area is 244 Å². The number of halogens is 1. The Morgan fingerprint density at radius 2 is 1.93 bits per heavy atom. The molecule has 8 heteroatoms. The van der Waals surface area contributed by atoms with Crippen molar-refractivity contribution in [3.8, 4) is 6.07 Å². The summed E-state index contributed by atoms with van der Waals surface area (Å²) in [6.07, 6.45) is 9.51. The van der Waals surface area contributed by atoms with Crippen LogP contribution in [0.1, 0.15) is 71.8 Å². The third-order valence-electron chi connectivity index (χ3n) is 6.46. The maximum Gasteiger partial charge on any atom is 0.336 e. The van der Waals surface area contributed by atoms with Crippen LogP contribution in [0.3, 0.4) is 0 Å². The van der Waals surface area contributed by atoms with Gasteiger partial charge in [-0.1, -0.05) is 56.6 Å². The van der Waals surface area contributed by atoms with Crippen molar-refractivity contribution < 1.29 is 19.0 Å². The van der Waals surface area contributed by atoms with E-state index in [0.29, 0.717) is 46.2 Å². The van der Waals surface area contributed by atoms with Crippen LogP contribution in [-0.2, 0) is 19.0 Å². The van der Waals surface area contributed by atoms with Gasteiger partial charge in [0.2, 0.25) is 0 Å². The van der Waals surface area contributed by atoms with Crippen molar-refractivity contribution in [2.75, 3.05) is 32.9 Å². The van der Waals surface area contributed by atoms with E-state index in [1.54, 1.807) is 6.07 Å². The largest absolute Gasteiger partial charge is 0.494 e. The fraction of sp³-hybridized carbons (Fsp3) is 0.500. The molecule has 0 saturated carbocycles. The zero-order chi connectivity index (χ0) is 29.3. The van der Waals surface area contributed by atoms with Crippen LogP contribution in [0.5, 0.6) is 0 Å². The Balaban J connectivity index is 0.00000274. The number of nitrogens with one attached hydrogen (secondary N) is 2. The summed E-state index contributed by atoms with van der Waals surface area (Å²) < 4.78 is 17.5. The van der Waals surface area contributed by atoms with Crippen LogP contribution in [0.25, 0.3) is 0 Å². The van der Waals surface area contributed by atoms with Gasteiger partial charge in [-0.15, -0.1) is 0 Å². The van der Waals surface area contributed by atoms with Crippen molar-refractivity contribution >= 4 is 17.6 Å². The minimum atomic E-state index is -0.585. The molecule has 2 unspecified atom stereocenters. The maximum absolute atomic E-state index is 13.2. The highest BCUT2D eigenvalue weighted by molar-refractivity contribution is 6.31. The van der Waals surface area contributed by atoms with Crippen molar-refractivity contribution in [3.63, 3.8) is 0 Å². The van der Waals surface area contributed by atoms with Crippen LogP contribution in [0.4, 0.5) is 0 Å². The van der Waals surface area contributed by atoms with Crippen LogP contribution in [-0.4, -0.2) is 45.0 Å². The van der Waals surface area contributed by atoms with Gasteiger partial charge in [0.15, 0.2) is 0 Å². The molecule has 2 atom stereocenters. The Morgan fingerprint density at radius 3 is 2.65 bits per heavy atom. The first-order valence-electron chi connectivity index (χ1n) is 14.3. The minimum absolute atomic E-state index is 0.0950. The van der Waals surface area contributed by atoms with Crippen LogP contribution in [0.2, 0.25) is 5.02 Å². The Morgan fingerprint density at radius 1 is 1.15 bits per heavy atom. The number of ether oxygens (including phenoxy) is 3. The van der Waals surface area contributed by atoms with E-state index in [-0.39, 0.29) is 12.7 Å². The second-order valence-corrected chi connectivity index (χ2v) is 9.67. The number of esters is 1. The van der Waals surface area contributed by atoms with Crippen molar-refractivity contribution in [1.29, 1.82) is 5.26 Å². The molecule has 0 spiro atoms. The second-order valence-electron chi connectivity index (χ2n) is 9.27. The Hall–Kier alpha value is -3.05. The van der Waals surface area contributed by atoms with E-state index in [1.165, 1.54) is 0 Å². The van der Waals surface area contributed by atoms with Crippen LogP contribution >= 0.6 is 11.6 Å². The van der Waals surface area contributed by atoms with Gasteiger partial charge in [0, 0.05) is 29.4 Å². The molecule has 0 amide bonds. The fourth-order valence-corrected chi connectivity index (χ4v) is 4.78. The maximum atomic E-state index is 13.2. The van der Waals surface area contributed by atoms with E-state index < -0.39 is 11.9 Å². The summed E-state index contributed by atoms with van der Waals surface area (Å²) in [4.78, 5) is 13.2. The molecular formula is C32H44ClN3O4. The highest BCUT2D eigenvalue weighted by atomic mass is 35.5. The number of hydrogen-bond donors (Lipinski definition) is 2. The normalized spacial score (nSPS) is 18.6. The number of allylic oxidation sites excluding steroid dienone is 5. The van der Waals surface area contributed by atoms with Gasteiger partial charge in [0.05, 0.1) is 42.5 Å². The number of dihydropyridines is 1. The van der Waals surface area contributed by atoms with Gasteiger partial charge in [-0.3, -0.25) is 0 Å². The Bertz CT molecular complexity index is 1130. The molecule has 7 nitrogen and oxygen atoms in total. The van der Waals surface area contributed by atoms with Crippen molar-refractivity contribution in [2.24, 2.45) is 0 Å². The highest BCUT2D eigenvalue weighted by Gasteiger charge is 2.35. The summed E-state index contributed by atoms with van der Waals surface area (Å²) in [5.74, 6) is -0.246. The van der Waals surface area contributed by atoms with Crippen LogP contribution in [0, 0.1) is 11.3 Å². The molecule has 2 aliphatic rings. The molecule has 1 aromatic carbocycles. The molecule has 0 aromatic heterocycles. The molecule has 1 aromatic rings. The molecule has 0 fully saturated rings. The lowest BCUT2D eigenvalue weighted by Gasteiger charge is -2.29. The van der Waals surface area contributed by atoms with E-state index in [2.05, 4.69) is 35.8 Å². The average Bonchev–Trinajstić information content (AvgIpc) is 3.19. The van der Waals surface area contributed by atoms with Crippen molar-refractivity contribution in [3.05, 3.63) is 81.4 Å². The standard InChI is InChI=1S/C30H38ClN3O4.C2H6/c1-4-33-16-8-17-36-23-10-7-11-24(15-14-23)37-18-9-19-38-30(35)28-22(3)34-21(2)26(20-32)29(28)25-12-5-6-13-27(25)31;1-2/h5-6,11-15,23,29,33-34H,4,7-10,16-19H2,1-3H3;1-2H3. The van der Waals surface area contributed by atoms with Gasteiger partial charge in [-0.2, -0.15) is 5.26 Å². The Kier molecular flexibility index (Phi) is 15.2. The zero-order valence-electron chi connectivity index (χ0n) is 24.5. The number of hydrogen-bond acceptors (Lipinski definition) is 7. The van der Waals surface area contributed by atoms with E-state index in [9.17, 15) is 10.1 Å². The first-order valence-corrected chi connectivity index (χ1v) is 14.7. The summed E-state index contributed by atoms with van der Waals surface area (Å²) in [7, 11) is 0. The summed E-state index contributed by atoms with van der Waals surface area (Å²) in [6, 6.07) is 9.51. The topological polar surface area (TPSA) is 92.6 Å². The van der Waals surface area contributed by atoms with Gasteiger partial charge >= 0.3 is 5.97 Å². The number of carbonyl (C=O) groups excluding carboxylic acids is 1. The number of nitriles is 1. The predicted octanol–water partition coefficient (Wildman–Crippen LogP) is 6.69. The number of carbonyl (C=O) groups is 1. The monoisotopic (exact) mass is 569 g/mol. The fourth-order valence-electron chi connectivity index (χ4n) is 4.54. The molecule has 40 heavy (non-hydrogen) atoms. The van der Waals surface area contributed by atoms with Crippen LogP contribution in [0.15, 0.2) is 70.8 Å². The lowest BCUT2D eigenvalue weighted by Crippen LogP contribution is -2.29. The summed E-state index contributed by atoms with van der Waals surface area (Å²) in [5, 5.41) is 16.8. The molecule has 1 aliphatic carbocycles. The van der Waals surface area contributed by atoms with Crippen molar-refractivity contribution in [1.82, 2.24) is 10.6 Å². The first kappa shape index (κ1) is 33.2. The van der Waals surface area contributed by atoms with E-state index in [4.69, 9.17) is 25.8 Å². The summed E-state index contributed by atoms with van der Waals surface area (Å²) in [6.45, 7) is 13.0. The SMILES string of the molecule is CC.CCNCCCOC1C=CC(OCCCOC(=O)C2=C(C)NC(C)=C(C#N)C2c2ccccc2Cl)=CCC1. The quantitative estimate of drug-likeness (QED) is 0.202. The van der Waals surface area contributed by atoms with Gasteiger partial charge in [-0.25, -0.2) is 4.79 Å². The third-order valence-corrected chi connectivity index (χ3v) is 6.80. The third kappa shape index (κ3) is 9.85. The highest BCUT2D eigenvalue weighted by Crippen LogP contribution is 2.40. The minimum Gasteiger partial charge on any atom is -0.494 e. The van der Waals surface area contributed by atoms with Gasteiger partial charge in [0.1, 0.15) is 5.76 Å². The molecule has 0 saturated heterocycles. The number of nitrogens with zero attached hydrogens (tertiary/aromatic N) is 1. The summed E-state index contributed by atoms with van der Waals surface area (Å²) >= 11 is 6.46. The number of benzene rings is 1. The molecule has 0 radical (unpaired) electrons. The molecular weight excluding hydrogens is 526 g/mol. The van der Waals surface area contributed by atoms with E-state index in [1.807, 2.05) is 52.0 Å². The lowest BCUT2D eigenvalue weighted by molar-refractivity contribution is -0.139.